The van der Waals surface area contributed by atoms with E-state index in [1.54, 1.807) is 11.1 Å². The third-order valence-electron chi connectivity index (χ3n) is 2.56. The Kier molecular flexibility index (Phi) is 2.40. The maximum atomic E-state index is 2.55. The number of alkyl halides is 1. The topological polar surface area (TPSA) is 0 Å². The molecule has 1 aromatic carbocycles. The first-order valence-corrected chi connectivity index (χ1v) is 5.79. The molecule has 0 aliphatic heterocycles. The predicted molar refractivity (Wildman–Crippen MR) is 61.0 cm³/mol. The largest absolute Gasteiger partial charge is 0.0819 e. The number of halogens is 1. The first-order chi connectivity index (χ1) is 5.79. The Morgan fingerprint density at radius 2 is 2.08 bits per heavy atom. The van der Waals surface area contributed by atoms with E-state index in [1.807, 2.05) is 0 Å². The first-order valence-electron chi connectivity index (χ1n) is 4.54. The molecule has 1 heteroatoms. The second-order valence-corrected chi connectivity index (χ2v) is 5.22. The van der Waals surface area contributed by atoms with Crippen molar-refractivity contribution in [2.24, 2.45) is 0 Å². The van der Waals surface area contributed by atoms with Crippen molar-refractivity contribution in [1.29, 1.82) is 0 Å². The van der Waals surface area contributed by atoms with Crippen LogP contribution < -0.4 is 0 Å². The van der Waals surface area contributed by atoms with Crippen molar-refractivity contribution in [3.8, 4) is 0 Å². The lowest BCUT2D eigenvalue weighted by Gasteiger charge is -2.00. The van der Waals surface area contributed by atoms with Crippen molar-refractivity contribution >= 4 is 22.6 Å². The van der Waals surface area contributed by atoms with Gasteiger partial charge >= 0.3 is 0 Å². The molecule has 1 atom stereocenters. The summed E-state index contributed by atoms with van der Waals surface area (Å²) in [7, 11) is 0. The Labute approximate surface area is 87.5 Å². The Balaban J connectivity index is 2.35. The molecule has 0 aromatic heterocycles. The van der Waals surface area contributed by atoms with Gasteiger partial charge in [0.05, 0.1) is 0 Å². The second kappa shape index (κ2) is 3.36. The fraction of sp³-hybridized carbons (Fsp3) is 0.455. The van der Waals surface area contributed by atoms with Gasteiger partial charge in [-0.1, -0.05) is 47.7 Å². The van der Waals surface area contributed by atoms with Gasteiger partial charge in [0.1, 0.15) is 0 Å². The van der Waals surface area contributed by atoms with Crippen molar-refractivity contribution in [3.63, 3.8) is 0 Å². The minimum absolute atomic E-state index is 0.838. The fourth-order valence-corrected chi connectivity index (χ4v) is 2.79. The summed E-state index contributed by atoms with van der Waals surface area (Å²) in [6, 6.07) is 6.97. The van der Waals surface area contributed by atoms with E-state index in [0.717, 1.165) is 3.92 Å². The first kappa shape index (κ1) is 8.54. The zero-order valence-corrected chi connectivity index (χ0v) is 9.47. The third-order valence-corrected chi connectivity index (χ3v) is 3.44. The number of rotatable bonds is 1. The van der Waals surface area contributed by atoms with Gasteiger partial charge in [0.15, 0.2) is 0 Å². The summed E-state index contributed by atoms with van der Waals surface area (Å²) in [6.07, 6.45) is 3.73. The average molecular weight is 272 g/mol. The summed E-state index contributed by atoms with van der Waals surface area (Å²) < 4.78 is 0.838. The van der Waals surface area contributed by atoms with Crippen LogP contribution in [-0.2, 0) is 19.3 Å². The lowest BCUT2D eigenvalue weighted by molar-refractivity contribution is 0.971. The highest BCUT2D eigenvalue weighted by molar-refractivity contribution is 14.1. The standard InChI is InChI=1S/C11H13I/c1-2-8-3-4-9-6-11(12)7-10(9)5-8/h3-5,11H,2,6-7H2,1H3. The Bertz CT molecular complexity index is 291. The Hall–Kier alpha value is -0.0500. The molecule has 1 aliphatic carbocycles. The molecule has 64 valence electrons. The van der Waals surface area contributed by atoms with Gasteiger partial charge in [-0.15, -0.1) is 0 Å². The third kappa shape index (κ3) is 1.51. The van der Waals surface area contributed by atoms with Gasteiger partial charge in [0.25, 0.3) is 0 Å². The van der Waals surface area contributed by atoms with E-state index >= 15 is 0 Å². The van der Waals surface area contributed by atoms with E-state index in [0.29, 0.717) is 0 Å². The highest BCUT2D eigenvalue weighted by atomic mass is 127. The van der Waals surface area contributed by atoms with E-state index in [4.69, 9.17) is 0 Å². The quantitative estimate of drug-likeness (QED) is 0.544. The van der Waals surface area contributed by atoms with E-state index in [9.17, 15) is 0 Å². The molecule has 0 saturated heterocycles. The van der Waals surface area contributed by atoms with Crippen LogP contribution in [0.5, 0.6) is 0 Å². The summed E-state index contributed by atoms with van der Waals surface area (Å²) >= 11 is 2.55. The van der Waals surface area contributed by atoms with E-state index < -0.39 is 0 Å². The number of hydrogen-bond donors (Lipinski definition) is 0. The van der Waals surface area contributed by atoms with Crippen molar-refractivity contribution in [3.05, 3.63) is 34.9 Å². The van der Waals surface area contributed by atoms with E-state index in [-0.39, 0.29) is 0 Å². The molecular weight excluding hydrogens is 259 g/mol. The zero-order valence-electron chi connectivity index (χ0n) is 7.31. The zero-order chi connectivity index (χ0) is 8.55. The van der Waals surface area contributed by atoms with Crippen molar-refractivity contribution in [1.82, 2.24) is 0 Å². The lowest BCUT2D eigenvalue weighted by atomic mass is 10.1. The number of benzene rings is 1. The van der Waals surface area contributed by atoms with Crippen LogP contribution in [0.15, 0.2) is 18.2 Å². The molecule has 0 bridgehead atoms. The molecule has 0 nitrogen and oxygen atoms in total. The monoisotopic (exact) mass is 272 g/mol. The fourth-order valence-electron chi connectivity index (χ4n) is 1.84. The molecule has 12 heavy (non-hydrogen) atoms. The van der Waals surface area contributed by atoms with Crippen LogP contribution in [0, 0.1) is 0 Å². The van der Waals surface area contributed by atoms with Gasteiger partial charge in [-0.25, -0.2) is 0 Å². The van der Waals surface area contributed by atoms with Crippen LogP contribution in [0.3, 0.4) is 0 Å². The minimum atomic E-state index is 0.838. The molecule has 1 aromatic rings. The molecule has 0 spiro atoms. The van der Waals surface area contributed by atoms with Crippen LogP contribution in [0.2, 0.25) is 0 Å². The highest BCUT2D eigenvalue weighted by Crippen LogP contribution is 2.27. The van der Waals surface area contributed by atoms with Crippen LogP contribution >= 0.6 is 22.6 Å². The Morgan fingerprint density at radius 3 is 2.83 bits per heavy atom. The summed E-state index contributed by atoms with van der Waals surface area (Å²) in [6.45, 7) is 2.22. The second-order valence-electron chi connectivity index (χ2n) is 3.46. The van der Waals surface area contributed by atoms with Gasteiger partial charge < -0.3 is 0 Å². The summed E-state index contributed by atoms with van der Waals surface area (Å²) in [5, 5.41) is 0. The summed E-state index contributed by atoms with van der Waals surface area (Å²) in [5.41, 5.74) is 4.65. The molecule has 0 radical (unpaired) electrons. The van der Waals surface area contributed by atoms with Gasteiger partial charge in [-0.2, -0.15) is 0 Å². The average Bonchev–Trinajstić information content (AvgIpc) is 2.43. The minimum Gasteiger partial charge on any atom is -0.0819 e. The van der Waals surface area contributed by atoms with Gasteiger partial charge in [-0.3, -0.25) is 0 Å². The number of fused-ring (bicyclic) bond motifs is 1. The number of hydrogen-bond acceptors (Lipinski definition) is 0. The van der Waals surface area contributed by atoms with Crippen LogP contribution in [0.4, 0.5) is 0 Å². The highest BCUT2D eigenvalue weighted by Gasteiger charge is 2.18. The van der Waals surface area contributed by atoms with Gasteiger partial charge in [-0.05, 0) is 36.0 Å². The van der Waals surface area contributed by atoms with Crippen LogP contribution in [0.1, 0.15) is 23.6 Å². The van der Waals surface area contributed by atoms with E-state index in [2.05, 4.69) is 47.7 Å². The predicted octanol–water partition coefficient (Wildman–Crippen LogP) is 3.15. The molecule has 0 fully saturated rings. The number of aryl methyl sites for hydroxylation is 1. The van der Waals surface area contributed by atoms with Crippen molar-refractivity contribution < 1.29 is 0 Å². The molecule has 0 N–H and O–H groups in total. The molecule has 0 heterocycles. The molecule has 0 saturated carbocycles. The SMILES string of the molecule is CCc1ccc2c(c1)CC(I)C2. The molecule has 0 amide bonds. The molecule has 2 rings (SSSR count). The smallest absolute Gasteiger partial charge is 0.0191 e. The summed E-state index contributed by atoms with van der Waals surface area (Å²) in [5.74, 6) is 0. The molecule has 1 aliphatic rings. The normalized spacial score (nSPS) is 21.0. The lowest BCUT2D eigenvalue weighted by Crippen LogP contribution is -1.92. The van der Waals surface area contributed by atoms with Crippen molar-refractivity contribution in [2.45, 2.75) is 30.1 Å². The van der Waals surface area contributed by atoms with Gasteiger partial charge in [0, 0.05) is 3.92 Å². The molecular formula is C11H13I. The van der Waals surface area contributed by atoms with Crippen LogP contribution in [0.25, 0.3) is 0 Å². The van der Waals surface area contributed by atoms with Crippen LogP contribution in [-0.4, -0.2) is 3.92 Å². The Morgan fingerprint density at radius 1 is 1.33 bits per heavy atom. The molecule has 1 unspecified atom stereocenters. The van der Waals surface area contributed by atoms with Crippen molar-refractivity contribution in [2.75, 3.05) is 0 Å². The maximum Gasteiger partial charge on any atom is 0.0191 e. The van der Waals surface area contributed by atoms with E-state index in [1.165, 1.54) is 24.8 Å². The van der Waals surface area contributed by atoms with Gasteiger partial charge in [0.2, 0.25) is 0 Å². The summed E-state index contributed by atoms with van der Waals surface area (Å²) in [4.78, 5) is 0. The maximum absolute atomic E-state index is 2.55.